The largest absolute Gasteiger partial charge is 0.387 e. The van der Waals surface area contributed by atoms with E-state index in [0.717, 1.165) is 4.90 Å². The van der Waals surface area contributed by atoms with Gasteiger partial charge in [-0.1, -0.05) is 37.6 Å². The normalized spacial score (nSPS) is 23.6. The van der Waals surface area contributed by atoms with Crippen molar-refractivity contribution in [3.8, 4) is 0 Å². The van der Waals surface area contributed by atoms with Gasteiger partial charge in [0.2, 0.25) is 0 Å². The predicted octanol–water partition coefficient (Wildman–Crippen LogP) is 2.34. The molecule has 1 aromatic carbocycles. The lowest BCUT2D eigenvalue weighted by Crippen LogP contribution is -2.48. The van der Waals surface area contributed by atoms with E-state index in [1.165, 1.54) is 0 Å². The maximum atomic E-state index is 12.4. The number of amides is 3. The van der Waals surface area contributed by atoms with Crippen molar-refractivity contribution in [2.75, 3.05) is 6.54 Å². The number of urea groups is 1. The minimum atomic E-state index is -0.938. The molecule has 114 valence electrons. The number of aliphatic hydroxyl groups excluding tert-OH is 1. The van der Waals surface area contributed by atoms with Crippen LogP contribution < -0.4 is 5.32 Å². The summed E-state index contributed by atoms with van der Waals surface area (Å²) in [6.07, 6.45) is -0.938. The molecule has 0 aliphatic carbocycles. The van der Waals surface area contributed by atoms with Crippen LogP contribution in [0.4, 0.5) is 4.79 Å². The molecule has 21 heavy (non-hydrogen) atoms. The third kappa shape index (κ3) is 2.89. The molecule has 0 unspecified atom stereocenters. The van der Waals surface area contributed by atoms with Gasteiger partial charge in [0.25, 0.3) is 5.91 Å². The zero-order valence-corrected chi connectivity index (χ0v) is 13.0. The Morgan fingerprint density at radius 1 is 1.29 bits per heavy atom. The van der Waals surface area contributed by atoms with Gasteiger partial charge in [-0.3, -0.25) is 9.69 Å². The molecule has 0 saturated carbocycles. The molecule has 1 saturated heterocycles. The van der Waals surface area contributed by atoms with Gasteiger partial charge < -0.3 is 10.4 Å². The van der Waals surface area contributed by atoms with Crippen LogP contribution >= 0.6 is 11.6 Å². The molecule has 2 atom stereocenters. The first-order chi connectivity index (χ1) is 9.75. The second kappa shape index (κ2) is 5.66. The number of β-amino-alcohol motifs (C(OH)–C–C–N with tert-alkyl or cyclic N) is 1. The molecule has 1 aliphatic heterocycles. The number of carbonyl (C=O) groups is 2. The number of nitrogens with zero attached hydrogens (tertiary/aromatic N) is 1. The van der Waals surface area contributed by atoms with E-state index < -0.39 is 17.7 Å². The van der Waals surface area contributed by atoms with Gasteiger partial charge >= 0.3 is 6.03 Å². The second-order valence-corrected chi connectivity index (χ2v) is 6.21. The Hall–Kier alpha value is -1.59. The molecule has 1 aliphatic rings. The SMILES string of the molecule is CC(C)[C@]1(C)NC(=O)N(C[C@H](O)c2ccc(Cl)cc2)C1=O. The molecule has 0 spiro atoms. The Morgan fingerprint density at radius 3 is 2.33 bits per heavy atom. The first-order valence-electron chi connectivity index (χ1n) is 6.83. The first-order valence-corrected chi connectivity index (χ1v) is 7.21. The number of halogens is 1. The van der Waals surface area contributed by atoms with E-state index in [-0.39, 0.29) is 18.4 Å². The molecule has 0 bridgehead atoms. The van der Waals surface area contributed by atoms with Crippen molar-refractivity contribution in [3.05, 3.63) is 34.9 Å². The maximum Gasteiger partial charge on any atom is 0.325 e. The van der Waals surface area contributed by atoms with Crippen LogP contribution in [0.2, 0.25) is 5.02 Å². The van der Waals surface area contributed by atoms with Crippen LogP contribution in [0.5, 0.6) is 0 Å². The van der Waals surface area contributed by atoms with Gasteiger partial charge in [-0.05, 0) is 30.5 Å². The van der Waals surface area contributed by atoms with Gasteiger partial charge in [-0.15, -0.1) is 0 Å². The lowest BCUT2D eigenvalue weighted by Gasteiger charge is -2.26. The number of hydrogen-bond acceptors (Lipinski definition) is 3. The molecule has 0 radical (unpaired) electrons. The van der Waals surface area contributed by atoms with Crippen molar-refractivity contribution in [1.82, 2.24) is 10.2 Å². The van der Waals surface area contributed by atoms with Crippen LogP contribution in [-0.4, -0.2) is 34.0 Å². The van der Waals surface area contributed by atoms with E-state index in [1.807, 2.05) is 13.8 Å². The molecular formula is C15H19ClN2O3. The minimum Gasteiger partial charge on any atom is -0.387 e. The summed E-state index contributed by atoms with van der Waals surface area (Å²) >= 11 is 5.79. The topological polar surface area (TPSA) is 69.6 Å². The lowest BCUT2D eigenvalue weighted by molar-refractivity contribution is -0.133. The molecule has 2 N–H and O–H groups in total. The van der Waals surface area contributed by atoms with Crippen LogP contribution in [-0.2, 0) is 4.79 Å². The average Bonchev–Trinajstić information content (AvgIpc) is 2.64. The fraction of sp³-hybridized carbons (Fsp3) is 0.467. The van der Waals surface area contributed by atoms with Crippen molar-refractivity contribution in [3.63, 3.8) is 0 Å². The first kappa shape index (κ1) is 15.8. The number of benzene rings is 1. The van der Waals surface area contributed by atoms with Crippen LogP contribution in [0, 0.1) is 5.92 Å². The van der Waals surface area contributed by atoms with Gasteiger partial charge in [0.1, 0.15) is 5.54 Å². The smallest absolute Gasteiger partial charge is 0.325 e. The van der Waals surface area contributed by atoms with Gasteiger partial charge in [0.05, 0.1) is 12.6 Å². The standard InChI is InChI=1S/C15H19ClN2O3/c1-9(2)15(3)13(20)18(14(21)17-15)8-12(19)10-4-6-11(16)7-5-10/h4-7,9,12,19H,8H2,1-3H3,(H,17,21)/t12-,15-/m0/s1. The number of hydrogen-bond donors (Lipinski definition) is 2. The quantitative estimate of drug-likeness (QED) is 0.839. The van der Waals surface area contributed by atoms with Crippen molar-refractivity contribution < 1.29 is 14.7 Å². The van der Waals surface area contributed by atoms with Gasteiger partial charge in [0, 0.05) is 5.02 Å². The monoisotopic (exact) mass is 310 g/mol. The highest BCUT2D eigenvalue weighted by atomic mass is 35.5. The minimum absolute atomic E-state index is 0.0355. The number of aliphatic hydroxyl groups is 1. The summed E-state index contributed by atoms with van der Waals surface area (Å²) in [7, 11) is 0. The molecule has 5 nitrogen and oxygen atoms in total. The number of rotatable bonds is 4. The molecule has 3 amide bonds. The summed E-state index contributed by atoms with van der Waals surface area (Å²) in [5.74, 6) is -0.345. The van der Waals surface area contributed by atoms with Crippen LogP contribution in [0.1, 0.15) is 32.4 Å². The van der Waals surface area contributed by atoms with Crippen LogP contribution in [0.25, 0.3) is 0 Å². The van der Waals surface area contributed by atoms with Crippen molar-refractivity contribution >= 4 is 23.5 Å². The third-order valence-corrected chi connectivity index (χ3v) is 4.32. The fourth-order valence-corrected chi connectivity index (χ4v) is 2.36. The van der Waals surface area contributed by atoms with E-state index in [9.17, 15) is 14.7 Å². The van der Waals surface area contributed by atoms with E-state index >= 15 is 0 Å². The van der Waals surface area contributed by atoms with E-state index in [4.69, 9.17) is 11.6 Å². The lowest BCUT2D eigenvalue weighted by atomic mass is 9.88. The molecular weight excluding hydrogens is 292 g/mol. The number of carbonyl (C=O) groups excluding carboxylic acids is 2. The number of nitrogens with one attached hydrogen (secondary N) is 1. The Labute approximate surface area is 128 Å². The Kier molecular flexibility index (Phi) is 4.25. The zero-order valence-electron chi connectivity index (χ0n) is 12.3. The van der Waals surface area contributed by atoms with Gasteiger partial charge in [0.15, 0.2) is 0 Å². The Bertz CT molecular complexity index is 559. The summed E-state index contributed by atoms with van der Waals surface area (Å²) < 4.78 is 0. The third-order valence-electron chi connectivity index (χ3n) is 4.07. The van der Waals surface area contributed by atoms with Crippen molar-refractivity contribution in [2.45, 2.75) is 32.4 Å². The summed E-state index contributed by atoms with van der Waals surface area (Å²) in [4.78, 5) is 25.5. The molecule has 1 heterocycles. The summed E-state index contributed by atoms with van der Waals surface area (Å²) in [5.41, 5.74) is -0.310. The van der Waals surface area contributed by atoms with Crippen molar-refractivity contribution in [1.29, 1.82) is 0 Å². The Morgan fingerprint density at radius 2 is 1.86 bits per heavy atom. The summed E-state index contributed by atoms with van der Waals surface area (Å²) in [6, 6.07) is 6.19. The van der Waals surface area contributed by atoms with Crippen molar-refractivity contribution in [2.24, 2.45) is 5.92 Å². The van der Waals surface area contributed by atoms with E-state index in [1.54, 1.807) is 31.2 Å². The fourth-order valence-electron chi connectivity index (χ4n) is 2.24. The molecule has 0 aromatic heterocycles. The average molecular weight is 311 g/mol. The summed E-state index contributed by atoms with van der Waals surface area (Å²) in [5, 5.41) is 13.5. The molecule has 1 fully saturated rings. The zero-order chi connectivity index (χ0) is 15.8. The molecule has 1 aromatic rings. The Balaban J connectivity index is 2.14. The second-order valence-electron chi connectivity index (χ2n) is 5.77. The molecule has 6 heteroatoms. The van der Waals surface area contributed by atoms with Gasteiger partial charge in [-0.25, -0.2) is 4.79 Å². The number of imide groups is 1. The van der Waals surface area contributed by atoms with Crippen LogP contribution in [0.3, 0.4) is 0 Å². The predicted molar refractivity (Wildman–Crippen MR) is 79.9 cm³/mol. The van der Waals surface area contributed by atoms with Crippen LogP contribution in [0.15, 0.2) is 24.3 Å². The molecule has 2 rings (SSSR count). The van der Waals surface area contributed by atoms with Gasteiger partial charge in [-0.2, -0.15) is 0 Å². The maximum absolute atomic E-state index is 12.4. The highest BCUT2D eigenvalue weighted by molar-refractivity contribution is 6.30. The highest BCUT2D eigenvalue weighted by Crippen LogP contribution is 2.27. The van der Waals surface area contributed by atoms with E-state index in [0.29, 0.717) is 10.6 Å². The highest BCUT2D eigenvalue weighted by Gasteiger charge is 2.49. The van der Waals surface area contributed by atoms with E-state index in [2.05, 4.69) is 5.32 Å². The summed E-state index contributed by atoms with van der Waals surface area (Å²) in [6.45, 7) is 5.37.